The highest BCUT2D eigenvalue weighted by molar-refractivity contribution is 9.10. The first kappa shape index (κ1) is 17.0. The Balaban J connectivity index is 1.91. The Bertz CT molecular complexity index is 718. The van der Waals surface area contributed by atoms with Crippen molar-refractivity contribution in [2.24, 2.45) is 0 Å². The molecule has 1 unspecified atom stereocenters. The first-order chi connectivity index (χ1) is 11.0. The van der Waals surface area contributed by atoms with E-state index in [-0.39, 0.29) is 0 Å². The predicted octanol–water partition coefficient (Wildman–Crippen LogP) is 2.99. The number of aryl methyl sites for hydroxylation is 1. The molecule has 0 aromatic heterocycles. The first-order valence-electron chi connectivity index (χ1n) is 7.06. The lowest BCUT2D eigenvalue weighted by Crippen LogP contribution is -2.47. The van der Waals surface area contributed by atoms with Gasteiger partial charge in [-0.3, -0.25) is 20.4 Å². The molecule has 120 valence electrons. The van der Waals surface area contributed by atoms with Gasteiger partial charge in [-0.15, -0.1) is 0 Å². The largest absolute Gasteiger partial charge is 0.481 e. The summed E-state index contributed by atoms with van der Waals surface area (Å²) < 4.78 is 6.25. The van der Waals surface area contributed by atoms with E-state index in [9.17, 15) is 9.59 Å². The molecular formula is C17H17BrN2O3. The second kappa shape index (κ2) is 7.78. The van der Waals surface area contributed by atoms with E-state index in [1.165, 1.54) is 0 Å². The van der Waals surface area contributed by atoms with Crippen LogP contribution in [0.25, 0.3) is 0 Å². The van der Waals surface area contributed by atoms with Gasteiger partial charge in [0.1, 0.15) is 5.75 Å². The Morgan fingerprint density at radius 2 is 1.70 bits per heavy atom. The minimum atomic E-state index is -0.740. The smallest absolute Gasteiger partial charge is 0.279 e. The number of benzene rings is 2. The van der Waals surface area contributed by atoms with Crippen LogP contribution in [0.5, 0.6) is 5.75 Å². The fraction of sp³-hybridized carbons (Fsp3) is 0.176. The van der Waals surface area contributed by atoms with Crippen molar-refractivity contribution in [2.45, 2.75) is 20.0 Å². The second-order valence-corrected chi connectivity index (χ2v) is 5.80. The molecular weight excluding hydrogens is 360 g/mol. The van der Waals surface area contributed by atoms with Gasteiger partial charge in [0.05, 0.1) is 5.56 Å². The van der Waals surface area contributed by atoms with Gasteiger partial charge in [-0.05, 0) is 53.5 Å². The highest BCUT2D eigenvalue weighted by Gasteiger charge is 2.17. The molecule has 0 saturated heterocycles. The molecule has 0 fully saturated rings. The normalized spacial score (nSPS) is 11.4. The monoisotopic (exact) mass is 376 g/mol. The summed E-state index contributed by atoms with van der Waals surface area (Å²) in [7, 11) is 0. The molecule has 0 heterocycles. The Morgan fingerprint density at radius 1 is 1.04 bits per heavy atom. The van der Waals surface area contributed by atoms with Crippen LogP contribution in [0, 0.1) is 6.92 Å². The zero-order valence-corrected chi connectivity index (χ0v) is 14.4. The molecule has 2 aromatic rings. The van der Waals surface area contributed by atoms with Gasteiger partial charge >= 0.3 is 0 Å². The van der Waals surface area contributed by atoms with Gasteiger partial charge in [-0.1, -0.05) is 30.3 Å². The maximum atomic E-state index is 12.0. The SMILES string of the molecule is Cc1ccccc1OC(C)C(=O)NNC(=O)c1ccccc1Br. The van der Waals surface area contributed by atoms with Crippen molar-refractivity contribution < 1.29 is 14.3 Å². The standard InChI is InChI=1S/C17H17BrN2O3/c1-11-7-3-6-10-15(11)23-12(2)16(21)19-20-17(22)13-8-4-5-9-14(13)18/h3-10,12H,1-2H3,(H,19,21)(H,20,22). The molecule has 23 heavy (non-hydrogen) atoms. The molecule has 1 atom stereocenters. The van der Waals surface area contributed by atoms with E-state index in [2.05, 4.69) is 26.8 Å². The third kappa shape index (κ3) is 4.56. The molecule has 0 saturated carbocycles. The van der Waals surface area contributed by atoms with Crippen LogP contribution in [0.1, 0.15) is 22.8 Å². The summed E-state index contributed by atoms with van der Waals surface area (Å²) in [5, 5.41) is 0. The summed E-state index contributed by atoms with van der Waals surface area (Å²) in [5.41, 5.74) is 6.10. The topological polar surface area (TPSA) is 67.4 Å². The van der Waals surface area contributed by atoms with Gasteiger partial charge in [0.25, 0.3) is 11.8 Å². The summed E-state index contributed by atoms with van der Waals surface area (Å²) in [6.07, 6.45) is -0.740. The molecule has 2 aromatic carbocycles. The van der Waals surface area contributed by atoms with E-state index in [1.807, 2.05) is 25.1 Å². The molecule has 0 spiro atoms. The van der Waals surface area contributed by atoms with Gasteiger partial charge in [0.15, 0.2) is 6.10 Å². The number of halogens is 1. The van der Waals surface area contributed by atoms with E-state index in [4.69, 9.17) is 4.74 Å². The number of hydrazine groups is 1. The van der Waals surface area contributed by atoms with Crippen LogP contribution in [0.15, 0.2) is 53.0 Å². The first-order valence-corrected chi connectivity index (χ1v) is 7.85. The fourth-order valence-corrected chi connectivity index (χ4v) is 2.33. The lowest BCUT2D eigenvalue weighted by molar-refractivity contribution is -0.128. The minimum Gasteiger partial charge on any atom is -0.481 e. The summed E-state index contributed by atoms with van der Waals surface area (Å²) in [6, 6.07) is 14.4. The third-order valence-electron chi connectivity index (χ3n) is 3.18. The highest BCUT2D eigenvalue weighted by Crippen LogP contribution is 2.18. The number of carbonyl (C=O) groups is 2. The summed E-state index contributed by atoms with van der Waals surface area (Å²) >= 11 is 3.29. The molecule has 0 aliphatic heterocycles. The predicted molar refractivity (Wildman–Crippen MR) is 91.0 cm³/mol. The van der Waals surface area contributed by atoms with Crippen molar-refractivity contribution in [3.8, 4) is 5.75 Å². The van der Waals surface area contributed by atoms with Crippen molar-refractivity contribution in [2.75, 3.05) is 0 Å². The Kier molecular flexibility index (Phi) is 5.76. The maximum absolute atomic E-state index is 12.0. The second-order valence-electron chi connectivity index (χ2n) is 4.95. The zero-order valence-electron chi connectivity index (χ0n) is 12.8. The molecule has 0 bridgehead atoms. The van der Waals surface area contributed by atoms with Crippen molar-refractivity contribution >= 4 is 27.7 Å². The molecule has 6 heteroatoms. The summed E-state index contributed by atoms with van der Waals surface area (Å²) in [6.45, 7) is 3.51. The van der Waals surface area contributed by atoms with Gasteiger partial charge in [-0.25, -0.2) is 0 Å². The molecule has 2 rings (SSSR count). The molecule has 2 N–H and O–H groups in total. The number of ether oxygens (including phenoxy) is 1. The van der Waals surface area contributed by atoms with Crippen molar-refractivity contribution in [1.29, 1.82) is 0 Å². The number of carbonyl (C=O) groups excluding carboxylic acids is 2. The summed E-state index contributed by atoms with van der Waals surface area (Å²) in [4.78, 5) is 24.0. The number of hydrogen-bond acceptors (Lipinski definition) is 3. The number of hydrogen-bond donors (Lipinski definition) is 2. The van der Waals surface area contributed by atoms with Crippen molar-refractivity contribution in [3.05, 3.63) is 64.1 Å². The van der Waals surface area contributed by atoms with Crippen LogP contribution < -0.4 is 15.6 Å². The average Bonchev–Trinajstić information content (AvgIpc) is 2.54. The lowest BCUT2D eigenvalue weighted by atomic mass is 10.2. The molecule has 0 aliphatic rings. The van der Waals surface area contributed by atoms with E-state index in [1.54, 1.807) is 37.3 Å². The minimum absolute atomic E-state index is 0.408. The molecule has 0 radical (unpaired) electrons. The average molecular weight is 377 g/mol. The quantitative estimate of drug-likeness (QED) is 0.806. The lowest BCUT2D eigenvalue weighted by Gasteiger charge is -2.16. The van der Waals surface area contributed by atoms with Gasteiger partial charge in [0.2, 0.25) is 0 Å². The number of amides is 2. The van der Waals surface area contributed by atoms with Gasteiger partial charge in [0, 0.05) is 4.47 Å². The number of para-hydroxylation sites is 1. The third-order valence-corrected chi connectivity index (χ3v) is 3.88. The molecule has 5 nitrogen and oxygen atoms in total. The van der Waals surface area contributed by atoms with Crippen LogP contribution >= 0.6 is 15.9 Å². The van der Waals surface area contributed by atoms with Crippen LogP contribution in [0.4, 0.5) is 0 Å². The van der Waals surface area contributed by atoms with E-state index in [0.717, 1.165) is 5.56 Å². The van der Waals surface area contributed by atoms with Crippen LogP contribution in [0.3, 0.4) is 0 Å². The van der Waals surface area contributed by atoms with Crippen molar-refractivity contribution in [1.82, 2.24) is 10.9 Å². The Morgan fingerprint density at radius 3 is 2.39 bits per heavy atom. The van der Waals surface area contributed by atoms with E-state index >= 15 is 0 Å². The van der Waals surface area contributed by atoms with Crippen LogP contribution in [-0.4, -0.2) is 17.9 Å². The van der Waals surface area contributed by atoms with Crippen LogP contribution in [-0.2, 0) is 4.79 Å². The van der Waals surface area contributed by atoms with Gasteiger partial charge < -0.3 is 4.74 Å². The zero-order chi connectivity index (χ0) is 16.8. The van der Waals surface area contributed by atoms with Crippen molar-refractivity contribution in [3.63, 3.8) is 0 Å². The van der Waals surface area contributed by atoms with Gasteiger partial charge in [-0.2, -0.15) is 0 Å². The fourth-order valence-electron chi connectivity index (χ4n) is 1.87. The Labute approximate surface area is 143 Å². The van der Waals surface area contributed by atoms with E-state index in [0.29, 0.717) is 15.8 Å². The number of rotatable bonds is 4. The van der Waals surface area contributed by atoms with Crippen LogP contribution in [0.2, 0.25) is 0 Å². The Hall–Kier alpha value is -2.34. The number of nitrogens with one attached hydrogen (secondary N) is 2. The highest BCUT2D eigenvalue weighted by atomic mass is 79.9. The summed E-state index contributed by atoms with van der Waals surface area (Å²) in [5.74, 6) is -0.213. The maximum Gasteiger partial charge on any atom is 0.279 e. The molecule has 0 aliphatic carbocycles. The van der Waals surface area contributed by atoms with E-state index < -0.39 is 17.9 Å². The molecule has 2 amide bonds.